The first-order chi connectivity index (χ1) is 7.29. The van der Waals surface area contributed by atoms with Crippen molar-refractivity contribution in [1.29, 1.82) is 0 Å². The minimum atomic E-state index is -0.224. The zero-order valence-corrected chi connectivity index (χ0v) is 8.24. The normalized spacial score (nSPS) is 10.2. The molecule has 0 aliphatic carbocycles. The summed E-state index contributed by atoms with van der Waals surface area (Å²) in [4.78, 5) is 11.5. The SMILES string of the molecule is CCc1cc(NC(=O)c2cn[nH]c2)n[nH]1. The van der Waals surface area contributed by atoms with E-state index in [9.17, 15) is 4.79 Å². The number of carbonyl (C=O) groups is 1. The molecular weight excluding hydrogens is 194 g/mol. The summed E-state index contributed by atoms with van der Waals surface area (Å²) >= 11 is 0. The van der Waals surface area contributed by atoms with E-state index in [2.05, 4.69) is 25.7 Å². The van der Waals surface area contributed by atoms with Gasteiger partial charge in [0.25, 0.3) is 5.91 Å². The summed E-state index contributed by atoms with van der Waals surface area (Å²) in [5.74, 6) is 0.302. The van der Waals surface area contributed by atoms with Crippen LogP contribution in [-0.4, -0.2) is 26.3 Å². The van der Waals surface area contributed by atoms with Crippen molar-refractivity contribution < 1.29 is 4.79 Å². The second kappa shape index (κ2) is 3.95. The average Bonchev–Trinajstić information content (AvgIpc) is 2.87. The predicted octanol–water partition coefficient (Wildman–Crippen LogP) is 0.948. The lowest BCUT2D eigenvalue weighted by Gasteiger charge is -1.96. The first kappa shape index (κ1) is 9.45. The number of aromatic amines is 2. The van der Waals surface area contributed by atoms with Crippen LogP contribution in [0, 0.1) is 0 Å². The lowest BCUT2D eigenvalue weighted by molar-refractivity contribution is 0.102. The van der Waals surface area contributed by atoms with E-state index >= 15 is 0 Å². The molecule has 2 heterocycles. The molecule has 0 fully saturated rings. The Balaban J connectivity index is 2.06. The number of nitrogens with zero attached hydrogens (tertiary/aromatic N) is 2. The molecule has 0 aromatic carbocycles. The van der Waals surface area contributed by atoms with E-state index < -0.39 is 0 Å². The van der Waals surface area contributed by atoms with E-state index in [1.54, 1.807) is 6.07 Å². The molecule has 1 amide bonds. The molecule has 0 atom stereocenters. The van der Waals surface area contributed by atoms with Crippen LogP contribution in [0.5, 0.6) is 0 Å². The molecule has 0 bridgehead atoms. The molecular formula is C9H11N5O. The van der Waals surface area contributed by atoms with Crippen molar-refractivity contribution >= 4 is 11.7 Å². The van der Waals surface area contributed by atoms with E-state index in [4.69, 9.17) is 0 Å². The molecule has 78 valence electrons. The van der Waals surface area contributed by atoms with E-state index in [-0.39, 0.29) is 5.91 Å². The molecule has 6 heteroatoms. The summed E-state index contributed by atoms with van der Waals surface area (Å²) in [6.07, 6.45) is 3.85. The number of H-pyrrole nitrogens is 2. The van der Waals surface area contributed by atoms with Gasteiger partial charge in [0.05, 0.1) is 11.8 Å². The number of hydrogen-bond acceptors (Lipinski definition) is 3. The van der Waals surface area contributed by atoms with Gasteiger partial charge in [-0.2, -0.15) is 10.2 Å². The van der Waals surface area contributed by atoms with E-state index in [0.29, 0.717) is 11.4 Å². The maximum Gasteiger partial charge on any atom is 0.260 e. The van der Waals surface area contributed by atoms with Gasteiger partial charge in [0.2, 0.25) is 0 Å². The fourth-order valence-corrected chi connectivity index (χ4v) is 1.17. The van der Waals surface area contributed by atoms with Gasteiger partial charge in [0.15, 0.2) is 5.82 Å². The van der Waals surface area contributed by atoms with Crippen molar-refractivity contribution in [3.63, 3.8) is 0 Å². The van der Waals surface area contributed by atoms with Crippen LogP contribution in [0.4, 0.5) is 5.82 Å². The fourth-order valence-electron chi connectivity index (χ4n) is 1.17. The molecule has 0 aliphatic rings. The highest BCUT2D eigenvalue weighted by Crippen LogP contribution is 2.07. The van der Waals surface area contributed by atoms with Crippen LogP contribution >= 0.6 is 0 Å². The first-order valence-corrected chi connectivity index (χ1v) is 4.64. The quantitative estimate of drug-likeness (QED) is 0.697. The lowest BCUT2D eigenvalue weighted by Crippen LogP contribution is -2.11. The largest absolute Gasteiger partial charge is 0.305 e. The van der Waals surface area contributed by atoms with E-state index in [1.165, 1.54) is 12.4 Å². The summed E-state index contributed by atoms with van der Waals surface area (Å²) in [5, 5.41) is 15.7. The van der Waals surface area contributed by atoms with Gasteiger partial charge in [0, 0.05) is 18.0 Å². The van der Waals surface area contributed by atoms with Gasteiger partial charge >= 0.3 is 0 Å². The monoisotopic (exact) mass is 205 g/mol. The van der Waals surface area contributed by atoms with Crippen LogP contribution in [-0.2, 0) is 6.42 Å². The van der Waals surface area contributed by atoms with Crippen molar-refractivity contribution in [1.82, 2.24) is 20.4 Å². The Morgan fingerprint density at radius 1 is 1.60 bits per heavy atom. The van der Waals surface area contributed by atoms with Crippen molar-refractivity contribution in [2.24, 2.45) is 0 Å². The molecule has 6 nitrogen and oxygen atoms in total. The van der Waals surface area contributed by atoms with Crippen molar-refractivity contribution in [2.45, 2.75) is 13.3 Å². The van der Waals surface area contributed by atoms with Crippen LogP contribution in [0.25, 0.3) is 0 Å². The van der Waals surface area contributed by atoms with Gasteiger partial charge in [-0.15, -0.1) is 0 Å². The molecule has 0 unspecified atom stereocenters. The van der Waals surface area contributed by atoms with Gasteiger partial charge in [0.1, 0.15) is 0 Å². The van der Waals surface area contributed by atoms with Crippen LogP contribution in [0.3, 0.4) is 0 Å². The second-order valence-electron chi connectivity index (χ2n) is 3.07. The van der Waals surface area contributed by atoms with Gasteiger partial charge in [-0.25, -0.2) is 0 Å². The summed E-state index contributed by atoms with van der Waals surface area (Å²) in [6, 6.07) is 1.80. The molecule has 0 spiro atoms. The minimum absolute atomic E-state index is 0.224. The molecule has 0 radical (unpaired) electrons. The molecule has 15 heavy (non-hydrogen) atoms. The third-order valence-electron chi connectivity index (χ3n) is 2.01. The Morgan fingerprint density at radius 3 is 3.07 bits per heavy atom. The molecule has 2 aromatic rings. The maximum atomic E-state index is 11.5. The van der Waals surface area contributed by atoms with Crippen LogP contribution in [0.15, 0.2) is 18.5 Å². The third kappa shape index (κ3) is 2.04. The lowest BCUT2D eigenvalue weighted by atomic mass is 10.3. The Bertz CT molecular complexity index is 445. The number of hydrogen-bond donors (Lipinski definition) is 3. The third-order valence-corrected chi connectivity index (χ3v) is 2.01. The highest BCUT2D eigenvalue weighted by Gasteiger charge is 2.08. The number of aryl methyl sites for hydroxylation is 1. The standard InChI is InChI=1S/C9H11N5O/c1-2-7-3-8(14-13-7)12-9(15)6-4-10-11-5-6/h3-5H,2H2,1H3,(H,10,11)(H2,12,13,14,15). The minimum Gasteiger partial charge on any atom is -0.305 e. The predicted molar refractivity (Wildman–Crippen MR) is 54.5 cm³/mol. The first-order valence-electron chi connectivity index (χ1n) is 4.64. The summed E-state index contributed by atoms with van der Waals surface area (Å²) < 4.78 is 0. The number of carbonyl (C=O) groups excluding carboxylic acids is 1. The van der Waals surface area contributed by atoms with Crippen LogP contribution in [0.2, 0.25) is 0 Å². The Kier molecular flexibility index (Phi) is 2.49. The molecule has 2 aromatic heterocycles. The smallest absolute Gasteiger partial charge is 0.260 e. The average molecular weight is 205 g/mol. The number of aromatic nitrogens is 4. The summed E-state index contributed by atoms with van der Waals surface area (Å²) in [7, 11) is 0. The number of amides is 1. The number of anilines is 1. The molecule has 3 N–H and O–H groups in total. The molecule has 0 aliphatic heterocycles. The van der Waals surface area contributed by atoms with Crippen molar-refractivity contribution in [3.05, 3.63) is 29.7 Å². The zero-order valence-electron chi connectivity index (χ0n) is 8.24. The van der Waals surface area contributed by atoms with Crippen LogP contribution < -0.4 is 5.32 Å². The number of nitrogens with one attached hydrogen (secondary N) is 3. The highest BCUT2D eigenvalue weighted by atomic mass is 16.1. The van der Waals surface area contributed by atoms with Crippen LogP contribution in [0.1, 0.15) is 23.0 Å². The Labute approximate surface area is 86.1 Å². The molecule has 2 rings (SSSR count). The van der Waals surface area contributed by atoms with E-state index in [1.807, 2.05) is 6.92 Å². The highest BCUT2D eigenvalue weighted by molar-refractivity contribution is 6.03. The zero-order chi connectivity index (χ0) is 10.7. The van der Waals surface area contributed by atoms with Gasteiger partial charge in [-0.1, -0.05) is 6.92 Å². The molecule has 0 saturated heterocycles. The van der Waals surface area contributed by atoms with Crippen molar-refractivity contribution in [2.75, 3.05) is 5.32 Å². The topological polar surface area (TPSA) is 86.5 Å². The second-order valence-corrected chi connectivity index (χ2v) is 3.07. The summed E-state index contributed by atoms with van der Waals surface area (Å²) in [6.45, 7) is 2.01. The summed E-state index contributed by atoms with van der Waals surface area (Å²) in [5.41, 5.74) is 1.47. The molecule has 0 saturated carbocycles. The Hall–Kier alpha value is -2.11. The Morgan fingerprint density at radius 2 is 2.47 bits per heavy atom. The van der Waals surface area contributed by atoms with Gasteiger partial charge in [-0.3, -0.25) is 15.0 Å². The van der Waals surface area contributed by atoms with Gasteiger partial charge in [-0.05, 0) is 6.42 Å². The number of rotatable bonds is 3. The van der Waals surface area contributed by atoms with Gasteiger partial charge < -0.3 is 5.32 Å². The van der Waals surface area contributed by atoms with Crippen molar-refractivity contribution in [3.8, 4) is 0 Å². The fraction of sp³-hybridized carbons (Fsp3) is 0.222. The maximum absolute atomic E-state index is 11.5. The van der Waals surface area contributed by atoms with E-state index in [0.717, 1.165) is 12.1 Å².